The largest absolute Gasteiger partial charge is 0.497 e. The summed E-state index contributed by atoms with van der Waals surface area (Å²) in [4.78, 5) is 18.3. The SMILES string of the molecule is COc1ccc(OC)c(-c2ccc(C3=N[C@@H](C(C)C(=O)O)c4nnc(C)n4-c4sc(C)c(C)c43)cc2)c1. The summed E-state index contributed by atoms with van der Waals surface area (Å²) in [6.45, 7) is 7.71. The lowest BCUT2D eigenvalue weighted by Crippen LogP contribution is -2.21. The first-order valence-corrected chi connectivity index (χ1v) is 12.7. The van der Waals surface area contributed by atoms with Crippen molar-refractivity contribution >= 4 is 23.0 Å². The third kappa shape index (κ3) is 4.09. The van der Waals surface area contributed by atoms with Gasteiger partial charge in [0.2, 0.25) is 0 Å². The number of methoxy groups -OCH3 is 2. The van der Waals surface area contributed by atoms with Gasteiger partial charge in [-0.1, -0.05) is 24.3 Å². The number of benzene rings is 2. The molecule has 5 rings (SSSR count). The minimum absolute atomic E-state index is 0.544. The van der Waals surface area contributed by atoms with Crippen molar-refractivity contribution in [2.75, 3.05) is 14.2 Å². The fourth-order valence-corrected chi connectivity index (χ4v) is 5.88. The topological polar surface area (TPSA) is 98.8 Å². The second-order valence-electron chi connectivity index (χ2n) is 9.10. The van der Waals surface area contributed by atoms with Gasteiger partial charge in [0.25, 0.3) is 0 Å². The van der Waals surface area contributed by atoms with Crippen LogP contribution in [-0.4, -0.2) is 45.8 Å². The standard InChI is InChI=1S/C28H28N4O4S/c1-14-16(3)37-27-23(14)25(29-24(15(2)28(33)34)26-31-30-17(4)32(26)27)19-9-7-18(8-10-19)21-13-20(35-5)11-12-22(21)36-6/h7-13,15,24H,1-6H3,(H,33,34)/t15?,24-/m0/s1. The predicted molar refractivity (Wildman–Crippen MR) is 144 cm³/mol. The Balaban J connectivity index is 1.69. The monoisotopic (exact) mass is 516 g/mol. The van der Waals surface area contributed by atoms with E-state index < -0.39 is 17.9 Å². The highest BCUT2D eigenvalue weighted by atomic mass is 32.1. The Morgan fingerprint density at radius 3 is 2.38 bits per heavy atom. The number of ether oxygens (including phenoxy) is 2. The molecule has 2 atom stereocenters. The van der Waals surface area contributed by atoms with E-state index in [1.807, 2.05) is 54.0 Å². The second-order valence-corrected chi connectivity index (χ2v) is 10.3. The lowest BCUT2D eigenvalue weighted by molar-refractivity contribution is -0.141. The van der Waals surface area contributed by atoms with Crippen molar-refractivity contribution in [1.29, 1.82) is 0 Å². The molecule has 1 aliphatic rings. The third-order valence-corrected chi connectivity index (χ3v) is 8.12. The molecule has 2 aromatic heterocycles. The number of aliphatic carboxylic acids is 1. The maximum Gasteiger partial charge on any atom is 0.308 e. The third-order valence-electron chi connectivity index (χ3n) is 6.93. The zero-order valence-corrected chi connectivity index (χ0v) is 22.4. The molecule has 8 nitrogen and oxygen atoms in total. The van der Waals surface area contributed by atoms with Gasteiger partial charge in [0.1, 0.15) is 28.4 Å². The molecular weight excluding hydrogens is 488 g/mol. The number of rotatable bonds is 6. The Bertz CT molecular complexity index is 1530. The van der Waals surface area contributed by atoms with E-state index in [4.69, 9.17) is 14.5 Å². The van der Waals surface area contributed by atoms with Crippen LogP contribution in [0.25, 0.3) is 16.1 Å². The molecule has 3 heterocycles. The van der Waals surface area contributed by atoms with Crippen molar-refractivity contribution in [1.82, 2.24) is 14.8 Å². The first-order chi connectivity index (χ1) is 17.7. The van der Waals surface area contributed by atoms with Gasteiger partial charge >= 0.3 is 5.97 Å². The first-order valence-electron chi connectivity index (χ1n) is 11.9. The fourth-order valence-electron chi connectivity index (χ4n) is 4.66. The minimum Gasteiger partial charge on any atom is -0.497 e. The Morgan fingerprint density at radius 2 is 1.73 bits per heavy atom. The summed E-state index contributed by atoms with van der Waals surface area (Å²) in [5.74, 6) is 1.02. The lowest BCUT2D eigenvalue weighted by atomic mass is 9.96. The number of hydrogen-bond acceptors (Lipinski definition) is 7. The number of carbonyl (C=O) groups is 1. The molecule has 0 amide bonds. The van der Waals surface area contributed by atoms with Crippen LogP contribution in [0.2, 0.25) is 0 Å². The van der Waals surface area contributed by atoms with E-state index in [2.05, 4.69) is 24.0 Å². The molecular formula is C28H28N4O4S. The van der Waals surface area contributed by atoms with Gasteiger partial charge < -0.3 is 14.6 Å². The van der Waals surface area contributed by atoms with E-state index in [-0.39, 0.29) is 0 Å². The van der Waals surface area contributed by atoms with Crippen LogP contribution in [0.5, 0.6) is 11.5 Å². The molecule has 9 heteroatoms. The van der Waals surface area contributed by atoms with Crippen LogP contribution in [-0.2, 0) is 4.79 Å². The molecule has 1 aliphatic heterocycles. The van der Waals surface area contributed by atoms with Crippen LogP contribution in [0.15, 0.2) is 47.5 Å². The highest BCUT2D eigenvalue weighted by Gasteiger charge is 2.36. The summed E-state index contributed by atoms with van der Waals surface area (Å²) in [5, 5.41) is 19.5. The number of carboxylic acid groups (broad SMARTS) is 1. The van der Waals surface area contributed by atoms with Gasteiger partial charge in [-0.15, -0.1) is 21.5 Å². The molecule has 0 spiro atoms. The van der Waals surface area contributed by atoms with E-state index in [1.165, 1.54) is 4.88 Å². The average Bonchev–Trinajstić information content (AvgIpc) is 3.37. The Hall–Kier alpha value is -3.98. The van der Waals surface area contributed by atoms with Gasteiger partial charge in [0.15, 0.2) is 5.82 Å². The van der Waals surface area contributed by atoms with Crippen molar-refractivity contribution in [3.63, 3.8) is 0 Å². The minimum atomic E-state index is -0.932. The number of nitrogens with zero attached hydrogens (tertiary/aromatic N) is 4. The summed E-state index contributed by atoms with van der Waals surface area (Å²) < 4.78 is 13.0. The number of aromatic nitrogens is 3. The van der Waals surface area contributed by atoms with Gasteiger partial charge in [-0.25, -0.2) is 0 Å². The zero-order valence-electron chi connectivity index (χ0n) is 21.6. The number of thiophene rings is 1. The summed E-state index contributed by atoms with van der Waals surface area (Å²) >= 11 is 1.65. The molecule has 0 radical (unpaired) electrons. The summed E-state index contributed by atoms with van der Waals surface area (Å²) in [5.41, 5.74) is 5.63. The van der Waals surface area contributed by atoms with Gasteiger partial charge in [-0.3, -0.25) is 14.4 Å². The number of aliphatic imine (C=N–C) groups is 1. The van der Waals surface area contributed by atoms with Crippen molar-refractivity contribution in [3.05, 3.63) is 75.7 Å². The summed E-state index contributed by atoms with van der Waals surface area (Å²) in [6, 6.07) is 13.1. The van der Waals surface area contributed by atoms with Gasteiger partial charge in [0.05, 0.1) is 25.8 Å². The van der Waals surface area contributed by atoms with Crippen LogP contribution in [0, 0.1) is 26.7 Å². The van der Waals surface area contributed by atoms with Crippen LogP contribution < -0.4 is 9.47 Å². The molecule has 0 saturated heterocycles. The molecule has 4 aromatic rings. The Kier molecular flexibility index (Phi) is 6.33. The maximum absolute atomic E-state index is 12.1. The fraction of sp³-hybridized carbons (Fsp3) is 0.286. The predicted octanol–water partition coefficient (Wildman–Crippen LogP) is 5.55. The molecule has 0 saturated carbocycles. The van der Waals surface area contributed by atoms with E-state index in [0.717, 1.165) is 50.0 Å². The summed E-state index contributed by atoms with van der Waals surface area (Å²) in [6.07, 6.45) is 0. The lowest BCUT2D eigenvalue weighted by Gasteiger charge is -2.16. The van der Waals surface area contributed by atoms with Crippen LogP contribution in [0.4, 0.5) is 0 Å². The van der Waals surface area contributed by atoms with E-state index >= 15 is 0 Å². The molecule has 2 aromatic carbocycles. The van der Waals surface area contributed by atoms with Crippen molar-refractivity contribution in [2.24, 2.45) is 10.9 Å². The molecule has 0 fully saturated rings. The average molecular weight is 517 g/mol. The van der Waals surface area contributed by atoms with Crippen LogP contribution in [0.1, 0.15) is 46.2 Å². The van der Waals surface area contributed by atoms with Crippen LogP contribution in [0.3, 0.4) is 0 Å². The molecule has 190 valence electrons. The van der Waals surface area contributed by atoms with Crippen molar-refractivity contribution in [3.8, 4) is 27.6 Å². The highest BCUT2D eigenvalue weighted by molar-refractivity contribution is 7.15. The van der Waals surface area contributed by atoms with E-state index in [0.29, 0.717) is 11.6 Å². The van der Waals surface area contributed by atoms with Crippen molar-refractivity contribution in [2.45, 2.75) is 33.7 Å². The van der Waals surface area contributed by atoms with E-state index in [1.54, 1.807) is 32.5 Å². The first kappa shape index (κ1) is 24.7. The van der Waals surface area contributed by atoms with Gasteiger partial charge in [0, 0.05) is 21.6 Å². The number of carboxylic acids is 1. The smallest absolute Gasteiger partial charge is 0.308 e. The molecule has 0 aliphatic carbocycles. The normalized spacial score (nSPS) is 15.3. The molecule has 1 unspecified atom stereocenters. The maximum atomic E-state index is 12.1. The van der Waals surface area contributed by atoms with Gasteiger partial charge in [-0.2, -0.15) is 0 Å². The second kappa shape index (κ2) is 9.48. The van der Waals surface area contributed by atoms with Crippen LogP contribution >= 0.6 is 11.3 Å². The Morgan fingerprint density at radius 1 is 1.03 bits per heavy atom. The Labute approximate surface area is 219 Å². The molecule has 1 N–H and O–H groups in total. The molecule has 0 bridgehead atoms. The highest BCUT2D eigenvalue weighted by Crippen LogP contribution is 2.41. The van der Waals surface area contributed by atoms with Crippen molar-refractivity contribution < 1.29 is 19.4 Å². The molecule has 37 heavy (non-hydrogen) atoms. The summed E-state index contributed by atoms with van der Waals surface area (Å²) in [7, 11) is 3.28. The number of fused-ring (bicyclic) bond motifs is 3. The van der Waals surface area contributed by atoms with E-state index in [9.17, 15) is 9.90 Å². The number of aryl methyl sites for hydroxylation is 2. The number of hydrogen-bond donors (Lipinski definition) is 1. The zero-order chi connectivity index (χ0) is 26.4. The quantitative estimate of drug-likeness (QED) is 0.361. The van der Waals surface area contributed by atoms with Gasteiger partial charge in [-0.05, 0) is 57.0 Å².